The van der Waals surface area contributed by atoms with Crippen LogP contribution < -0.4 is 15.6 Å². The lowest BCUT2D eigenvalue weighted by molar-refractivity contribution is 0.0695. The highest BCUT2D eigenvalue weighted by molar-refractivity contribution is 5.94. The van der Waals surface area contributed by atoms with Crippen molar-refractivity contribution in [3.63, 3.8) is 0 Å². The molecule has 3 aromatic rings. The monoisotopic (exact) mass is 435 g/mol. The van der Waals surface area contributed by atoms with E-state index in [4.69, 9.17) is 0 Å². The zero-order chi connectivity index (χ0) is 22.3. The fourth-order valence-electron chi connectivity index (χ4n) is 3.78. The third-order valence-corrected chi connectivity index (χ3v) is 5.21. The van der Waals surface area contributed by atoms with E-state index in [1.807, 2.05) is 0 Å². The molecule has 0 atom stereocenters. The number of hydrogen-bond donors (Lipinski definition) is 2. The van der Waals surface area contributed by atoms with Gasteiger partial charge >= 0.3 is 5.97 Å². The van der Waals surface area contributed by atoms with Gasteiger partial charge in [0.05, 0.1) is 16.6 Å². The predicted octanol–water partition coefficient (Wildman–Crippen LogP) is 3.05. The Morgan fingerprint density at radius 3 is 2.52 bits per heavy atom. The van der Waals surface area contributed by atoms with Crippen molar-refractivity contribution in [1.29, 1.82) is 0 Å². The van der Waals surface area contributed by atoms with Gasteiger partial charge in [0.1, 0.15) is 28.7 Å². The van der Waals surface area contributed by atoms with Crippen molar-refractivity contribution in [2.24, 2.45) is 0 Å². The Balaban J connectivity index is 2.09. The largest absolute Gasteiger partial charge is 0.477 e. The third-order valence-electron chi connectivity index (χ3n) is 5.21. The van der Waals surface area contributed by atoms with Crippen molar-refractivity contribution >= 4 is 22.6 Å². The fraction of sp³-hybridized carbons (Fsp3) is 0.238. The van der Waals surface area contributed by atoms with E-state index in [0.717, 1.165) is 29.0 Å². The molecular weight excluding hydrogens is 418 g/mol. The number of hydrogen-bond acceptors (Lipinski definition) is 4. The summed E-state index contributed by atoms with van der Waals surface area (Å²) < 4.78 is 59.4. The standard InChI is InChI=1S/C21H17F4N3O3/c22-11-2-3-16(14(23)8-11)28-10-13(21(30)31)20(29)12-9-15(24)19(17(25)18(12)28)27-6-1-4-26-5-7-27/h2-3,8-10,26H,1,4-7H2,(H,30,31). The topological polar surface area (TPSA) is 74.6 Å². The number of carbonyl (C=O) groups is 1. The van der Waals surface area contributed by atoms with E-state index in [1.165, 1.54) is 4.90 Å². The molecule has 1 saturated heterocycles. The van der Waals surface area contributed by atoms with Gasteiger partial charge in [-0.15, -0.1) is 0 Å². The number of nitrogens with zero attached hydrogens (tertiary/aromatic N) is 2. The maximum absolute atomic E-state index is 15.7. The number of pyridine rings is 1. The minimum absolute atomic E-state index is 0.293. The lowest BCUT2D eigenvalue weighted by atomic mass is 10.1. The molecule has 1 fully saturated rings. The summed E-state index contributed by atoms with van der Waals surface area (Å²) >= 11 is 0. The summed E-state index contributed by atoms with van der Waals surface area (Å²) in [6.45, 7) is 1.78. The maximum Gasteiger partial charge on any atom is 0.341 e. The molecule has 1 aromatic heterocycles. The molecule has 0 spiro atoms. The molecule has 0 aliphatic carbocycles. The molecule has 0 saturated carbocycles. The number of aromatic nitrogens is 1. The Morgan fingerprint density at radius 1 is 1.03 bits per heavy atom. The molecule has 6 nitrogen and oxygen atoms in total. The molecule has 162 valence electrons. The molecule has 31 heavy (non-hydrogen) atoms. The van der Waals surface area contributed by atoms with Gasteiger partial charge in [-0.05, 0) is 31.2 Å². The van der Waals surface area contributed by atoms with Crippen LogP contribution in [0.1, 0.15) is 16.8 Å². The predicted molar refractivity (Wildman–Crippen MR) is 106 cm³/mol. The highest BCUT2D eigenvalue weighted by atomic mass is 19.1. The normalized spacial score (nSPS) is 14.6. The van der Waals surface area contributed by atoms with Gasteiger partial charge in [-0.1, -0.05) is 0 Å². The molecule has 1 aliphatic heterocycles. The van der Waals surface area contributed by atoms with Crippen LogP contribution in [0.3, 0.4) is 0 Å². The molecule has 10 heteroatoms. The van der Waals surface area contributed by atoms with Gasteiger partial charge in [0, 0.05) is 31.9 Å². The van der Waals surface area contributed by atoms with Crippen molar-refractivity contribution in [3.8, 4) is 5.69 Å². The van der Waals surface area contributed by atoms with Crippen molar-refractivity contribution in [1.82, 2.24) is 9.88 Å². The van der Waals surface area contributed by atoms with E-state index in [0.29, 0.717) is 38.7 Å². The number of rotatable bonds is 3. The van der Waals surface area contributed by atoms with Gasteiger partial charge in [0.25, 0.3) is 0 Å². The smallest absolute Gasteiger partial charge is 0.341 e. The molecular formula is C21H17F4N3O3. The zero-order valence-electron chi connectivity index (χ0n) is 16.1. The number of halogens is 4. The molecule has 2 N–H and O–H groups in total. The van der Waals surface area contributed by atoms with E-state index in [1.54, 1.807) is 0 Å². The Morgan fingerprint density at radius 2 is 1.81 bits per heavy atom. The first-order valence-corrected chi connectivity index (χ1v) is 9.51. The SMILES string of the molecule is O=C(O)c1cn(-c2ccc(F)cc2F)c2c(F)c(N3CCCNCC3)c(F)cc2c1=O. The number of anilines is 1. The van der Waals surface area contributed by atoms with Crippen molar-refractivity contribution < 1.29 is 27.5 Å². The first-order chi connectivity index (χ1) is 14.8. The van der Waals surface area contributed by atoms with Gasteiger partial charge in [0.2, 0.25) is 5.43 Å². The Hall–Kier alpha value is -3.40. The fourth-order valence-corrected chi connectivity index (χ4v) is 3.78. The summed E-state index contributed by atoms with van der Waals surface area (Å²) in [7, 11) is 0. The van der Waals surface area contributed by atoms with E-state index < -0.39 is 56.8 Å². The summed E-state index contributed by atoms with van der Waals surface area (Å²) in [5.74, 6) is -5.81. The molecule has 0 unspecified atom stereocenters. The summed E-state index contributed by atoms with van der Waals surface area (Å²) in [5, 5.41) is 11.9. The molecule has 0 amide bonds. The first-order valence-electron chi connectivity index (χ1n) is 9.51. The second kappa shape index (κ2) is 8.03. The Labute approximate surface area is 173 Å². The summed E-state index contributed by atoms with van der Waals surface area (Å²) in [6.07, 6.45) is 1.38. The van der Waals surface area contributed by atoms with Crippen LogP contribution in [0.4, 0.5) is 23.2 Å². The van der Waals surface area contributed by atoms with Gasteiger partial charge < -0.3 is 19.9 Å². The molecule has 2 heterocycles. The van der Waals surface area contributed by atoms with Crippen LogP contribution in [-0.4, -0.2) is 41.8 Å². The van der Waals surface area contributed by atoms with E-state index in [2.05, 4.69) is 5.32 Å². The van der Waals surface area contributed by atoms with Crippen LogP contribution >= 0.6 is 0 Å². The Kier molecular flexibility index (Phi) is 5.40. The summed E-state index contributed by atoms with van der Waals surface area (Å²) in [6, 6.07) is 3.20. The number of aromatic carboxylic acids is 1. The molecule has 0 radical (unpaired) electrons. The number of fused-ring (bicyclic) bond motifs is 1. The highest BCUT2D eigenvalue weighted by Gasteiger charge is 2.26. The van der Waals surface area contributed by atoms with Gasteiger partial charge in [-0.2, -0.15) is 0 Å². The second-order valence-corrected chi connectivity index (χ2v) is 7.15. The number of carboxylic acids is 1. The minimum Gasteiger partial charge on any atom is -0.477 e. The number of benzene rings is 2. The Bertz CT molecular complexity index is 1250. The van der Waals surface area contributed by atoms with E-state index in [9.17, 15) is 27.9 Å². The van der Waals surface area contributed by atoms with E-state index >= 15 is 4.39 Å². The number of nitrogens with one attached hydrogen (secondary N) is 1. The molecule has 0 bridgehead atoms. The van der Waals surface area contributed by atoms with Crippen LogP contribution in [0.2, 0.25) is 0 Å². The first kappa shape index (κ1) is 20.9. The maximum atomic E-state index is 15.7. The van der Waals surface area contributed by atoms with Crippen molar-refractivity contribution in [2.75, 3.05) is 31.1 Å². The summed E-state index contributed by atoms with van der Waals surface area (Å²) in [4.78, 5) is 25.7. The molecule has 4 rings (SSSR count). The van der Waals surface area contributed by atoms with Crippen molar-refractivity contribution in [3.05, 3.63) is 69.5 Å². The zero-order valence-corrected chi connectivity index (χ0v) is 16.1. The van der Waals surface area contributed by atoms with Crippen LogP contribution in [-0.2, 0) is 0 Å². The van der Waals surface area contributed by atoms with Gasteiger partial charge in [0.15, 0.2) is 5.82 Å². The van der Waals surface area contributed by atoms with Crippen LogP contribution in [0.5, 0.6) is 0 Å². The minimum atomic E-state index is -1.65. The highest BCUT2D eigenvalue weighted by Crippen LogP contribution is 2.32. The van der Waals surface area contributed by atoms with Crippen LogP contribution in [0.15, 0.2) is 35.3 Å². The molecule has 1 aliphatic rings. The van der Waals surface area contributed by atoms with Gasteiger partial charge in [-0.3, -0.25) is 4.79 Å². The van der Waals surface area contributed by atoms with Crippen LogP contribution in [0, 0.1) is 23.3 Å². The number of carboxylic acid groups (broad SMARTS) is 1. The van der Waals surface area contributed by atoms with Crippen molar-refractivity contribution in [2.45, 2.75) is 6.42 Å². The quantitative estimate of drug-likeness (QED) is 0.619. The lowest BCUT2D eigenvalue weighted by Crippen LogP contribution is -2.30. The average molecular weight is 435 g/mol. The average Bonchev–Trinajstić information content (AvgIpc) is 2.98. The van der Waals surface area contributed by atoms with Gasteiger partial charge in [-0.25, -0.2) is 22.4 Å². The third kappa shape index (κ3) is 3.63. The van der Waals surface area contributed by atoms with Crippen LogP contribution in [0.25, 0.3) is 16.6 Å². The summed E-state index contributed by atoms with van der Waals surface area (Å²) in [5.41, 5.74) is -3.18. The molecule has 2 aromatic carbocycles. The second-order valence-electron chi connectivity index (χ2n) is 7.15. The lowest BCUT2D eigenvalue weighted by Gasteiger charge is -2.25. The van der Waals surface area contributed by atoms with E-state index in [-0.39, 0.29) is 5.69 Å².